The van der Waals surface area contributed by atoms with Gasteiger partial charge in [0.25, 0.3) is 0 Å². The predicted molar refractivity (Wildman–Crippen MR) is 107 cm³/mol. The Morgan fingerprint density at radius 3 is 0.462 bits per heavy atom. The van der Waals surface area contributed by atoms with Crippen LogP contribution in [0.2, 0.25) is 0 Å². The van der Waals surface area contributed by atoms with E-state index < -0.39 is 0 Å². The zero-order chi connectivity index (χ0) is 17.0. The second-order valence-electron chi connectivity index (χ2n) is 4.31. The predicted octanol–water partition coefficient (Wildman–Crippen LogP) is 2.57. The molecule has 0 aliphatic rings. The summed E-state index contributed by atoms with van der Waals surface area (Å²) in [4.78, 5) is 0. The second-order valence-corrected chi connectivity index (χ2v) is 4.31. The molecule has 26 heavy (non-hydrogen) atoms. The minimum atomic E-state index is 0. The second kappa shape index (κ2) is 23.2. The molecule has 0 amide bonds. The van der Waals surface area contributed by atoms with E-state index in [4.69, 9.17) is 0 Å². The molecule has 0 N–H and O–H groups in total. The van der Waals surface area contributed by atoms with Crippen molar-refractivity contribution >= 4 is 24.4 Å². The Balaban J connectivity index is 0. The maximum Gasteiger partial charge on any atom is 0 e. The van der Waals surface area contributed by atoms with Crippen LogP contribution in [0.1, 0.15) is 0 Å². The first kappa shape index (κ1) is 26.4. The van der Waals surface area contributed by atoms with Crippen molar-refractivity contribution < 1.29 is 17.0 Å². The van der Waals surface area contributed by atoms with Gasteiger partial charge in [0.15, 0.2) is 0 Å². The van der Waals surface area contributed by atoms with Crippen LogP contribution in [0.25, 0.3) is 0 Å². The average molecular weight is 510 g/mol. The van der Waals surface area contributed by atoms with Crippen LogP contribution in [0.4, 0.5) is 0 Å². The fourth-order valence-corrected chi connectivity index (χ4v) is 1.37. The average Bonchev–Trinajstić information content (AvgIpc) is 2.75. The summed E-state index contributed by atoms with van der Waals surface area (Å²) in [5.41, 5.74) is 0. The first-order valence-electron chi connectivity index (χ1n) is 7.64. The Bertz CT molecular complexity index is 426. The summed E-state index contributed by atoms with van der Waals surface area (Å²) in [6, 6.07) is 50.0. The molecule has 0 spiro atoms. The molecule has 0 fully saturated rings. The van der Waals surface area contributed by atoms with Gasteiger partial charge in [0.1, 0.15) is 0 Å². The molecule has 129 valence electrons. The van der Waals surface area contributed by atoms with Crippen molar-refractivity contribution in [3.63, 3.8) is 0 Å². The largest absolute Gasteiger partial charge is 1.00 e. The summed E-state index contributed by atoms with van der Waals surface area (Å²) in [7, 11) is 0. The van der Waals surface area contributed by atoms with Crippen LogP contribution in [0.15, 0.2) is 121 Å². The van der Waals surface area contributed by atoms with Crippen LogP contribution < -0.4 is 17.0 Å². The van der Waals surface area contributed by atoms with Crippen molar-refractivity contribution in [2.24, 2.45) is 0 Å². The first-order chi connectivity index (χ1) is 12.0. The van der Waals surface area contributed by atoms with Gasteiger partial charge in [-0.2, -0.15) is 0 Å². The Labute approximate surface area is 186 Å². The Morgan fingerprint density at radius 1 is 0.269 bits per heavy atom. The summed E-state index contributed by atoms with van der Waals surface area (Å²) in [6.45, 7) is 0. The maximum absolute atomic E-state index is 2.89. The van der Waals surface area contributed by atoms with Gasteiger partial charge in [0.2, 0.25) is 0 Å². The van der Waals surface area contributed by atoms with Crippen LogP contribution in [-0.4, -0.2) is 24.4 Å². The molecule has 0 aliphatic carbocycles. The number of hydrogen-bond acceptors (Lipinski definition) is 0. The smallest absolute Gasteiger partial charge is 0 e. The van der Waals surface area contributed by atoms with Gasteiger partial charge in [-0.25, -0.2) is 0 Å². The molecule has 0 aromatic heterocycles. The standard InChI is InChI=1S/4C6H5.BrH.Sb/c4*1-2-4-6-5-3-1;;/h4*1-5H;1H;/p-1. The van der Waals surface area contributed by atoms with E-state index in [0.717, 1.165) is 0 Å². The molecular formula is C24H20BrSb-. The maximum atomic E-state index is 2.89. The fourth-order valence-electron chi connectivity index (χ4n) is 1.37. The quantitative estimate of drug-likeness (QED) is 0.320. The monoisotopic (exact) mass is 508 g/mol. The molecule has 4 rings (SSSR count). The molecule has 0 aliphatic heterocycles. The van der Waals surface area contributed by atoms with Crippen LogP contribution >= 0.6 is 0 Å². The molecule has 0 heterocycles. The van der Waals surface area contributed by atoms with Gasteiger partial charge >= 0.3 is 0 Å². The third-order valence-corrected chi connectivity index (χ3v) is 2.43. The molecule has 0 atom stereocenters. The van der Waals surface area contributed by atoms with Gasteiger partial charge in [-0.1, -0.05) is 121 Å². The summed E-state index contributed by atoms with van der Waals surface area (Å²) in [6.07, 6.45) is 0. The zero-order valence-corrected chi connectivity index (χ0v) is 18.5. The molecule has 0 bridgehead atoms. The van der Waals surface area contributed by atoms with Gasteiger partial charge in [0, 0.05) is 24.4 Å². The molecule has 0 saturated heterocycles. The summed E-state index contributed by atoms with van der Waals surface area (Å²) in [5.74, 6) is 0. The van der Waals surface area contributed by atoms with Crippen molar-refractivity contribution in [3.8, 4) is 0 Å². The van der Waals surface area contributed by atoms with Crippen LogP contribution in [0.3, 0.4) is 0 Å². The van der Waals surface area contributed by atoms with Gasteiger partial charge in [-0.3, -0.25) is 0 Å². The summed E-state index contributed by atoms with van der Waals surface area (Å²) < 4.78 is 0. The minimum Gasteiger partial charge on any atom is -1.00 e. The summed E-state index contributed by atoms with van der Waals surface area (Å²) in [5, 5.41) is 0. The van der Waals surface area contributed by atoms with Crippen molar-refractivity contribution in [1.29, 1.82) is 0 Å². The molecule has 2 heteroatoms. The molecule has 4 aromatic rings. The third kappa shape index (κ3) is 20.2. The molecule has 0 saturated carbocycles. The van der Waals surface area contributed by atoms with E-state index in [2.05, 4.69) is 24.3 Å². The number of rotatable bonds is 0. The van der Waals surface area contributed by atoms with E-state index in [-0.39, 0.29) is 41.4 Å². The van der Waals surface area contributed by atoms with E-state index in [9.17, 15) is 0 Å². The Morgan fingerprint density at radius 2 is 0.423 bits per heavy atom. The number of benzene rings is 4. The van der Waals surface area contributed by atoms with Gasteiger partial charge in [-0.05, 0) is 24.3 Å². The Kier molecular flexibility index (Phi) is 23.5. The number of hydrogen-bond donors (Lipinski definition) is 0. The van der Waals surface area contributed by atoms with Crippen molar-refractivity contribution in [2.45, 2.75) is 0 Å². The minimum absolute atomic E-state index is 0. The molecule has 0 nitrogen and oxygen atoms in total. The van der Waals surface area contributed by atoms with Crippen molar-refractivity contribution in [3.05, 3.63) is 146 Å². The third-order valence-electron chi connectivity index (χ3n) is 2.43. The fraction of sp³-hybridized carbons (Fsp3) is 0. The van der Waals surface area contributed by atoms with Gasteiger partial charge in [-0.15, -0.1) is 0 Å². The van der Waals surface area contributed by atoms with Gasteiger partial charge in [0.05, 0.1) is 0 Å². The molecule has 7 radical (unpaired) electrons. The first-order valence-corrected chi connectivity index (χ1v) is 7.64. The van der Waals surface area contributed by atoms with E-state index in [0.29, 0.717) is 0 Å². The van der Waals surface area contributed by atoms with Crippen LogP contribution in [-0.2, 0) is 0 Å². The Hall–Kier alpha value is -1.82. The van der Waals surface area contributed by atoms with E-state index >= 15 is 0 Å². The van der Waals surface area contributed by atoms with E-state index in [1.165, 1.54) is 0 Å². The van der Waals surface area contributed by atoms with Crippen LogP contribution in [0, 0.1) is 24.3 Å². The molecule has 4 aromatic carbocycles. The molecular weight excluding hydrogens is 490 g/mol. The molecule has 0 unspecified atom stereocenters. The van der Waals surface area contributed by atoms with Gasteiger partial charge < -0.3 is 17.0 Å². The zero-order valence-electron chi connectivity index (χ0n) is 14.4. The normalized spacial score (nSPS) is 7.38. The van der Waals surface area contributed by atoms with Crippen molar-refractivity contribution in [1.82, 2.24) is 0 Å². The SMILES string of the molecule is [Br-].[Sb].[c]1ccccc1.[c]1ccccc1.[c]1ccccc1.[c]1ccccc1. The van der Waals surface area contributed by atoms with Crippen molar-refractivity contribution in [2.75, 3.05) is 0 Å². The topological polar surface area (TPSA) is 0 Å². The van der Waals surface area contributed by atoms with E-state index in [1.807, 2.05) is 121 Å². The number of halogens is 1. The summed E-state index contributed by atoms with van der Waals surface area (Å²) >= 11 is 0. The van der Waals surface area contributed by atoms with E-state index in [1.54, 1.807) is 0 Å². The van der Waals surface area contributed by atoms with Crippen LogP contribution in [0.5, 0.6) is 0 Å².